The highest BCUT2D eigenvalue weighted by molar-refractivity contribution is 5.71. The molecule has 0 N–H and O–H groups in total. The number of nitrogens with zero attached hydrogens (tertiary/aromatic N) is 8. The van der Waals surface area contributed by atoms with Gasteiger partial charge in [0.25, 0.3) is 5.69 Å². The number of non-ortho nitro benzene ring substituents is 1. The molecule has 0 aliphatic heterocycles. The summed E-state index contributed by atoms with van der Waals surface area (Å²) in [6, 6.07) is 20.3. The molecule has 0 saturated carbocycles. The van der Waals surface area contributed by atoms with Crippen LogP contribution in [-0.2, 0) is 32.5 Å². The van der Waals surface area contributed by atoms with Gasteiger partial charge < -0.3 is 13.9 Å². The molecule has 0 spiro atoms. The molecule has 49 heavy (non-hydrogen) atoms. The van der Waals surface area contributed by atoms with Crippen molar-refractivity contribution in [2.75, 3.05) is 0 Å². The van der Waals surface area contributed by atoms with Crippen molar-refractivity contribution in [1.82, 2.24) is 35.0 Å². The van der Waals surface area contributed by atoms with Crippen molar-refractivity contribution in [3.63, 3.8) is 0 Å². The van der Waals surface area contributed by atoms with Gasteiger partial charge in [0.05, 0.1) is 23.4 Å². The van der Waals surface area contributed by atoms with Gasteiger partial charge >= 0.3 is 0 Å². The molecule has 250 valence electrons. The molecule has 0 aliphatic carbocycles. The van der Waals surface area contributed by atoms with Crippen LogP contribution in [-0.4, -0.2) is 39.9 Å². The van der Waals surface area contributed by atoms with Crippen LogP contribution in [0.2, 0.25) is 0 Å². The molecule has 0 fully saturated rings. The Bertz CT molecular complexity index is 1920. The molecule has 3 heterocycles. The Kier molecular flexibility index (Phi) is 11.1. The topological polar surface area (TPSA) is 149 Å². The molecular formula is C36H36N8O5. The van der Waals surface area contributed by atoms with E-state index in [2.05, 4.69) is 37.7 Å². The summed E-state index contributed by atoms with van der Waals surface area (Å²) >= 11 is 0. The Hall–Kier alpha value is -6.11. The van der Waals surface area contributed by atoms with Crippen LogP contribution in [0.4, 0.5) is 5.69 Å². The van der Waals surface area contributed by atoms with E-state index < -0.39 is 4.92 Å². The molecule has 0 bridgehead atoms. The highest BCUT2D eigenvalue weighted by atomic mass is 16.6. The van der Waals surface area contributed by atoms with Crippen LogP contribution in [0, 0.1) is 10.1 Å². The molecule has 0 unspecified atom stereocenters. The highest BCUT2D eigenvalue weighted by Gasteiger charge is 2.12. The van der Waals surface area contributed by atoms with Crippen LogP contribution in [0.25, 0.3) is 12.2 Å². The lowest BCUT2D eigenvalue weighted by Crippen LogP contribution is -1.99. The first-order valence-electron chi connectivity index (χ1n) is 16.1. The van der Waals surface area contributed by atoms with Gasteiger partial charge in [-0.2, -0.15) is 0 Å². The number of hydrogen-bond acceptors (Lipinski definition) is 10. The number of benzene rings is 3. The summed E-state index contributed by atoms with van der Waals surface area (Å²) < 4.78 is 21.3. The molecule has 3 aromatic carbocycles. The van der Waals surface area contributed by atoms with Crippen molar-refractivity contribution >= 4 is 17.8 Å². The SMILES string of the molecule is O=[N+]([O-])c1ccc(/C=C/c2nc(COc3ccc(CCCCn4ccnn4)cc3)co2)c(Oc2ccc(CCCCn3ccnn3)cc2)c1. The zero-order valence-corrected chi connectivity index (χ0v) is 26.9. The third-order valence-corrected chi connectivity index (χ3v) is 7.79. The predicted octanol–water partition coefficient (Wildman–Crippen LogP) is 7.35. The van der Waals surface area contributed by atoms with Crippen LogP contribution in [0.1, 0.15) is 54.0 Å². The first-order valence-corrected chi connectivity index (χ1v) is 16.1. The average Bonchev–Trinajstić information content (AvgIpc) is 3.93. The first kappa shape index (κ1) is 32.8. The van der Waals surface area contributed by atoms with E-state index in [9.17, 15) is 10.1 Å². The van der Waals surface area contributed by atoms with E-state index in [1.54, 1.807) is 36.9 Å². The van der Waals surface area contributed by atoms with E-state index in [1.165, 1.54) is 23.3 Å². The standard InChI is InChI=1S/C36H36N8O5/c45-44(46)32-13-11-30(35(25-32)49-34-16-9-29(10-17-34)6-2-4-22-43-24-20-38-41-43)12-18-36-39-31(27-48-36)26-47-33-14-7-28(8-15-33)5-1-3-21-42-23-19-37-40-42/h7-20,23-25,27H,1-6,21-22,26H2/b18-12+. The van der Waals surface area contributed by atoms with Crippen molar-refractivity contribution in [1.29, 1.82) is 0 Å². The van der Waals surface area contributed by atoms with Gasteiger partial charge in [-0.25, -0.2) is 4.98 Å². The molecule has 6 rings (SSSR count). The number of rotatable bonds is 18. The number of ether oxygens (including phenoxy) is 2. The average molecular weight is 661 g/mol. The van der Waals surface area contributed by atoms with E-state index in [0.29, 0.717) is 28.6 Å². The number of unbranched alkanes of at least 4 members (excludes halogenated alkanes) is 2. The van der Waals surface area contributed by atoms with Crippen LogP contribution in [0.15, 0.2) is 102 Å². The second-order valence-electron chi connectivity index (χ2n) is 11.4. The molecule has 0 saturated heterocycles. The molecular weight excluding hydrogens is 624 g/mol. The van der Waals surface area contributed by atoms with Crippen molar-refractivity contribution < 1.29 is 18.8 Å². The number of aromatic nitrogens is 7. The minimum absolute atomic E-state index is 0.0668. The normalized spacial score (nSPS) is 11.3. The van der Waals surface area contributed by atoms with Crippen molar-refractivity contribution in [2.24, 2.45) is 0 Å². The van der Waals surface area contributed by atoms with Gasteiger partial charge in [-0.15, -0.1) is 10.2 Å². The second-order valence-corrected chi connectivity index (χ2v) is 11.4. The number of aryl methyl sites for hydroxylation is 4. The lowest BCUT2D eigenvalue weighted by molar-refractivity contribution is -0.384. The molecule has 13 heteroatoms. The molecule has 13 nitrogen and oxygen atoms in total. The van der Waals surface area contributed by atoms with Crippen LogP contribution in [0.5, 0.6) is 17.2 Å². The van der Waals surface area contributed by atoms with Crippen LogP contribution < -0.4 is 9.47 Å². The number of hydrogen-bond donors (Lipinski definition) is 0. The van der Waals surface area contributed by atoms with Gasteiger partial charge in [-0.05, 0) is 86.1 Å². The van der Waals surface area contributed by atoms with Gasteiger partial charge in [0.2, 0.25) is 5.89 Å². The monoisotopic (exact) mass is 660 g/mol. The summed E-state index contributed by atoms with van der Waals surface area (Å²) in [4.78, 5) is 15.5. The molecule has 6 aromatic rings. The third kappa shape index (κ3) is 9.94. The maximum atomic E-state index is 11.5. The Morgan fingerprint density at radius 3 is 2.00 bits per heavy atom. The smallest absolute Gasteiger partial charge is 0.273 e. The van der Waals surface area contributed by atoms with E-state index >= 15 is 0 Å². The maximum Gasteiger partial charge on any atom is 0.273 e. The summed E-state index contributed by atoms with van der Waals surface area (Å²) in [5.41, 5.74) is 3.63. The maximum absolute atomic E-state index is 11.5. The van der Waals surface area contributed by atoms with E-state index in [1.807, 2.05) is 58.2 Å². The first-order chi connectivity index (χ1) is 24.1. The lowest BCUT2D eigenvalue weighted by Gasteiger charge is -2.10. The van der Waals surface area contributed by atoms with Gasteiger partial charge in [0.15, 0.2) is 0 Å². The Morgan fingerprint density at radius 2 is 1.41 bits per heavy atom. The second kappa shape index (κ2) is 16.6. The van der Waals surface area contributed by atoms with Crippen LogP contribution >= 0.6 is 0 Å². The molecule has 0 atom stereocenters. The third-order valence-electron chi connectivity index (χ3n) is 7.79. The minimum Gasteiger partial charge on any atom is -0.487 e. The minimum atomic E-state index is -0.445. The Balaban J connectivity index is 0.999. The summed E-state index contributed by atoms with van der Waals surface area (Å²) in [6.45, 7) is 1.94. The Morgan fingerprint density at radius 1 is 0.776 bits per heavy atom. The van der Waals surface area contributed by atoms with Gasteiger partial charge in [-0.1, -0.05) is 34.7 Å². The summed E-state index contributed by atoms with van der Waals surface area (Å²) in [7, 11) is 0. The molecule has 3 aromatic heterocycles. The number of nitro groups is 1. The van der Waals surface area contributed by atoms with Crippen molar-refractivity contribution in [2.45, 2.75) is 58.2 Å². The van der Waals surface area contributed by atoms with Gasteiger partial charge in [0.1, 0.15) is 35.8 Å². The largest absolute Gasteiger partial charge is 0.487 e. The molecule has 0 amide bonds. The zero-order chi connectivity index (χ0) is 33.7. The zero-order valence-electron chi connectivity index (χ0n) is 26.9. The lowest BCUT2D eigenvalue weighted by atomic mass is 10.1. The number of oxazole rings is 1. The van der Waals surface area contributed by atoms with Crippen LogP contribution in [0.3, 0.4) is 0 Å². The fourth-order valence-corrected chi connectivity index (χ4v) is 5.16. The molecule has 0 aliphatic rings. The summed E-state index contributed by atoms with van der Waals surface area (Å²) in [5, 5.41) is 27.1. The predicted molar refractivity (Wildman–Crippen MR) is 182 cm³/mol. The fraction of sp³-hybridized carbons (Fsp3) is 0.250. The van der Waals surface area contributed by atoms with E-state index in [0.717, 1.165) is 57.4 Å². The van der Waals surface area contributed by atoms with Gasteiger partial charge in [-0.3, -0.25) is 19.5 Å². The Labute approximate surface area is 283 Å². The van der Waals surface area contributed by atoms with Gasteiger partial charge in [0, 0.05) is 43.2 Å². The summed E-state index contributed by atoms with van der Waals surface area (Å²) in [5.74, 6) is 2.04. The van der Waals surface area contributed by atoms with E-state index in [-0.39, 0.29) is 12.3 Å². The van der Waals surface area contributed by atoms with Crippen molar-refractivity contribution in [3.8, 4) is 17.2 Å². The summed E-state index contributed by atoms with van der Waals surface area (Å²) in [6.07, 6.45) is 18.1. The highest BCUT2D eigenvalue weighted by Crippen LogP contribution is 2.31. The van der Waals surface area contributed by atoms with Crippen molar-refractivity contribution in [3.05, 3.63) is 136 Å². The van der Waals surface area contributed by atoms with E-state index in [4.69, 9.17) is 13.9 Å². The quantitative estimate of drug-likeness (QED) is 0.0520. The fourth-order valence-electron chi connectivity index (χ4n) is 5.16. The number of nitro benzene ring substituents is 1. The molecule has 0 radical (unpaired) electrons.